The van der Waals surface area contributed by atoms with Crippen molar-refractivity contribution in [2.45, 2.75) is 51.1 Å². The third-order valence-electron chi connectivity index (χ3n) is 6.34. The fourth-order valence-corrected chi connectivity index (χ4v) is 5.45. The van der Waals surface area contributed by atoms with Crippen molar-refractivity contribution in [3.63, 3.8) is 0 Å². The van der Waals surface area contributed by atoms with E-state index in [1.165, 1.54) is 62.1 Å². The van der Waals surface area contributed by atoms with E-state index in [-0.39, 0.29) is 24.0 Å². The Hall–Kier alpha value is -1.39. The van der Waals surface area contributed by atoms with Crippen LogP contribution in [-0.2, 0) is 6.54 Å². The van der Waals surface area contributed by atoms with Crippen molar-refractivity contribution in [1.82, 2.24) is 20.5 Å². The lowest BCUT2D eigenvalue weighted by atomic mass is 10.2. The number of anilines is 1. The first-order chi connectivity index (χ1) is 15.3. The minimum atomic E-state index is 0. The highest BCUT2D eigenvalue weighted by Gasteiger charge is 2.24. The highest BCUT2D eigenvalue weighted by molar-refractivity contribution is 14.0. The van der Waals surface area contributed by atoms with E-state index < -0.39 is 0 Å². The monoisotopic (exact) mass is 568 g/mol. The molecule has 1 atom stereocenters. The van der Waals surface area contributed by atoms with Crippen molar-refractivity contribution >= 4 is 47.1 Å². The molecule has 0 saturated carbocycles. The van der Waals surface area contributed by atoms with Gasteiger partial charge in [0.2, 0.25) is 0 Å². The molecule has 4 rings (SSSR count). The van der Waals surface area contributed by atoms with E-state index in [1.54, 1.807) is 0 Å². The normalized spacial score (nSPS) is 18.7. The number of rotatable bonds is 7. The van der Waals surface area contributed by atoms with Crippen LogP contribution >= 0.6 is 35.3 Å². The van der Waals surface area contributed by atoms with Crippen LogP contribution in [0, 0.1) is 0 Å². The summed E-state index contributed by atoms with van der Waals surface area (Å²) in [6.45, 7) is 6.23. The zero-order valence-corrected chi connectivity index (χ0v) is 22.3. The highest BCUT2D eigenvalue weighted by atomic mass is 127. The standard InChI is InChI=1S/C24H36N6S.HI/c1-25-24(28-19-21(22-9-8-16-31-22)29-12-6-7-13-29)27-18-20-10-11-26-23(17-20)30-14-4-2-3-5-15-30;/h8-11,16-17,21H,2-7,12-15,18-19H2,1H3,(H2,25,27,28);1H. The number of nitrogens with zero attached hydrogens (tertiary/aromatic N) is 4. The number of nitrogens with one attached hydrogen (secondary N) is 2. The molecule has 6 nitrogen and oxygen atoms in total. The van der Waals surface area contributed by atoms with Gasteiger partial charge in [-0.1, -0.05) is 18.9 Å². The SMILES string of the molecule is CN=C(NCc1ccnc(N2CCCCCC2)c1)NCC(c1cccs1)N1CCCC1.I. The Morgan fingerprint density at radius 2 is 1.81 bits per heavy atom. The van der Waals surface area contributed by atoms with Crippen molar-refractivity contribution in [2.24, 2.45) is 4.99 Å². The quantitative estimate of drug-likeness (QED) is 0.290. The third kappa shape index (κ3) is 7.05. The summed E-state index contributed by atoms with van der Waals surface area (Å²) in [5.41, 5.74) is 1.24. The van der Waals surface area contributed by atoms with Gasteiger partial charge in [0.1, 0.15) is 5.82 Å². The first kappa shape index (κ1) is 25.2. The maximum atomic E-state index is 4.63. The van der Waals surface area contributed by atoms with E-state index >= 15 is 0 Å². The predicted octanol–water partition coefficient (Wildman–Crippen LogP) is 4.64. The molecule has 0 radical (unpaired) electrons. The van der Waals surface area contributed by atoms with Crippen molar-refractivity contribution in [1.29, 1.82) is 0 Å². The first-order valence-electron chi connectivity index (χ1n) is 11.8. The number of thiophene rings is 1. The highest BCUT2D eigenvalue weighted by Crippen LogP contribution is 2.27. The minimum absolute atomic E-state index is 0. The van der Waals surface area contributed by atoms with E-state index in [9.17, 15) is 0 Å². The van der Waals surface area contributed by atoms with Gasteiger partial charge in [0, 0.05) is 44.3 Å². The molecule has 0 spiro atoms. The molecule has 0 amide bonds. The largest absolute Gasteiger partial charge is 0.357 e. The average molecular weight is 569 g/mol. The lowest BCUT2D eigenvalue weighted by Crippen LogP contribution is -2.42. The number of pyridine rings is 1. The van der Waals surface area contributed by atoms with Crippen LogP contribution in [0.4, 0.5) is 5.82 Å². The van der Waals surface area contributed by atoms with Crippen LogP contribution in [-0.4, -0.2) is 55.6 Å². The van der Waals surface area contributed by atoms with Gasteiger partial charge in [0.25, 0.3) is 0 Å². The summed E-state index contributed by atoms with van der Waals surface area (Å²) in [6, 6.07) is 9.15. The van der Waals surface area contributed by atoms with Crippen LogP contribution < -0.4 is 15.5 Å². The zero-order valence-electron chi connectivity index (χ0n) is 19.1. The fraction of sp³-hybridized carbons (Fsp3) is 0.583. The summed E-state index contributed by atoms with van der Waals surface area (Å²) < 4.78 is 0. The second-order valence-corrected chi connectivity index (χ2v) is 9.48. The Kier molecular flexibility index (Phi) is 10.5. The Labute approximate surface area is 213 Å². The lowest BCUT2D eigenvalue weighted by molar-refractivity contribution is 0.249. The van der Waals surface area contributed by atoms with Crippen molar-refractivity contribution in [3.8, 4) is 0 Å². The fourth-order valence-electron chi connectivity index (χ4n) is 4.59. The van der Waals surface area contributed by atoms with E-state index in [0.29, 0.717) is 6.04 Å². The molecular weight excluding hydrogens is 531 g/mol. The van der Waals surface area contributed by atoms with Crippen LogP contribution in [0.5, 0.6) is 0 Å². The molecule has 2 aromatic heterocycles. The van der Waals surface area contributed by atoms with Gasteiger partial charge in [-0.15, -0.1) is 35.3 Å². The molecule has 0 aromatic carbocycles. The molecule has 0 bridgehead atoms. The molecule has 4 heterocycles. The van der Waals surface area contributed by atoms with Crippen molar-refractivity contribution in [2.75, 3.05) is 44.7 Å². The summed E-state index contributed by atoms with van der Waals surface area (Å²) >= 11 is 1.85. The first-order valence-corrected chi connectivity index (χ1v) is 12.6. The minimum Gasteiger partial charge on any atom is -0.357 e. The lowest BCUT2D eigenvalue weighted by Gasteiger charge is -2.27. The van der Waals surface area contributed by atoms with E-state index in [0.717, 1.165) is 38.0 Å². The maximum Gasteiger partial charge on any atom is 0.191 e. The van der Waals surface area contributed by atoms with Crippen LogP contribution in [0.25, 0.3) is 0 Å². The van der Waals surface area contributed by atoms with E-state index in [4.69, 9.17) is 0 Å². The smallest absolute Gasteiger partial charge is 0.191 e. The Morgan fingerprint density at radius 1 is 1.06 bits per heavy atom. The zero-order chi connectivity index (χ0) is 21.3. The Morgan fingerprint density at radius 3 is 2.50 bits per heavy atom. The molecule has 176 valence electrons. The van der Waals surface area contributed by atoms with E-state index in [2.05, 4.69) is 60.1 Å². The summed E-state index contributed by atoms with van der Waals surface area (Å²) in [7, 11) is 1.85. The number of hydrogen-bond donors (Lipinski definition) is 2. The number of aromatic nitrogens is 1. The molecule has 2 aromatic rings. The molecule has 32 heavy (non-hydrogen) atoms. The van der Waals surface area contributed by atoms with E-state index in [1.807, 2.05) is 24.6 Å². The predicted molar refractivity (Wildman–Crippen MR) is 146 cm³/mol. The molecule has 8 heteroatoms. The second-order valence-electron chi connectivity index (χ2n) is 8.50. The third-order valence-corrected chi connectivity index (χ3v) is 7.31. The molecule has 0 aliphatic carbocycles. The van der Waals surface area contributed by atoms with Crippen LogP contribution in [0.2, 0.25) is 0 Å². The topological polar surface area (TPSA) is 55.8 Å². The van der Waals surface area contributed by atoms with Crippen LogP contribution in [0.1, 0.15) is 55.0 Å². The number of guanidine groups is 1. The van der Waals surface area contributed by atoms with Crippen molar-refractivity contribution in [3.05, 3.63) is 46.3 Å². The molecule has 2 aliphatic rings. The average Bonchev–Trinajstić information content (AvgIpc) is 3.47. The number of hydrogen-bond acceptors (Lipinski definition) is 5. The van der Waals surface area contributed by atoms with Crippen molar-refractivity contribution < 1.29 is 0 Å². The molecule has 2 aliphatic heterocycles. The summed E-state index contributed by atoms with van der Waals surface area (Å²) in [6.07, 6.45) is 9.75. The molecule has 2 N–H and O–H groups in total. The van der Waals surface area contributed by atoms with Gasteiger partial charge in [-0.2, -0.15) is 0 Å². The number of likely N-dealkylation sites (tertiary alicyclic amines) is 1. The van der Waals surface area contributed by atoms with Gasteiger partial charge in [-0.25, -0.2) is 4.98 Å². The molecular formula is C24H37IN6S. The second kappa shape index (κ2) is 13.3. The molecule has 2 fully saturated rings. The number of halogens is 1. The van der Waals surface area contributed by atoms with Gasteiger partial charge >= 0.3 is 0 Å². The Bertz CT molecular complexity index is 814. The summed E-state index contributed by atoms with van der Waals surface area (Å²) in [4.78, 5) is 15.6. The molecule has 1 unspecified atom stereocenters. The van der Waals surface area contributed by atoms with Gasteiger partial charge < -0.3 is 15.5 Å². The Balaban J connectivity index is 0.00000289. The maximum absolute atomic E-state index is 4.63. The van der Waals surface area contributed by atoms with Gasteiger partial charge in [-0.3, -0.25) is 9.89 Å². The van der Waals surface area contributed by atoms with Gasteiger partial charge in [-0.05, 0) is 67.9 Å². The van der Waals surface area contributed by atoms with Crippen LogP contribution in [0.15, 0.2) is 40.8 Å². The number of aliphatic imine (C=N–C) groups is 1. The molecule has 2 saturated heterocycles. The summed E-state index contributed by atoms with van der Waals surface area (Å²) in [5.74, 6) is 1.96. The van der Waals surface area contributed by atoms with Crippen LogP contribution in [0.3, 0.4) is 0 Å². The summed E-state index contributed by atoms with van der Waals surface area (Å²) in [5, 5.41) is 9.24. The van der Waals surface area contributed by atoms with Gasteiger partial charge in [0.05, 0.1) is 6.04 Å². The van der Waals surface area contributed by atoms with Gasteiger partial charge in [0.15, 0.2) is 5.96 Å².